The third kappa shape index (κ3) is 3.68. The van der Waals surface area contributed by atoms with Gasteiger partial charge in [0.2, 0.25) is 0 Å². The quantitative estimate of drug-likeness (QED) is 0.353. The fraction of sp³-hybridized carbons (Fsp3) is 0. The van der Waals surface area contributed by atoms with Crippen LogP contribution in [0.1, 0.15) is 10.6 Å². The Morgan fingerprint density at radius 2 is 1.80 bits per heavy atom. The summed E-state index contributed by atoms with van der Waals surface area (Å²) in [6, 6.07) is 25.0. The number of amides is 1. The largest absolute Gasteiger partial charge is 0.451 e. The normalized spacial score (nSPS) is 10.9. The Balaban J connectivity index is 1.31. The van der Waals surface area contributed by atoms with Crippen LogP contribution in [0.25, 0.3) is 31.8 Å². The lowest BCUT2D eigenvalue weighted by atomic mass is 10.2. The van der Waals surface area contributed by atoms with Crippen molar-refractivity contribution >= 4 is 61.4 Å². The predicted octanol–water partition coefficient (Wildman–Crippen LogP) is 5.84. The van der Waals surface area contributed by atoms with Gasteiger partial charge in [0.25, 0.3) is 5.91 Å². The monoisotopic (exact) mass is 429 g/mol. The summed E-state index contributed by atoms with van der Waals surface area (Å²) in [6.07, 6.45) is 0. The number of nitrogens with one attached hydrogen (secondary N) is 2. The number of carbonyl (C=O) groups is 1. The fourth-order valence-corrected chi connectivity index (χ4v) is 4.32. The standard InChI is InChI=1S/C23H15N3O2S2/c27-21(19-13-14-6-1-3-10-18(14)28-19)26-23(29)24-16-8-5-7-15(12-16)22-25-17-9-2-4-11-20(17)30-22/h1-13H,(H2,24,26,27,29). The van der Waals surface area contributed by atoms with Crippen molar-refractivity contribution in [1.82, 2.24) is 10.3 Å². The summed E-state index contributed by atoms with van der Waals surface area (Å²) in [4.78, 5) is 17.1. The highest BCUT2D eigenvalue weighted by atomic mass is 32.1. The molecule has 2 heterocycles. The van der Waals surface area contributed by atoms with E-state index in [-0.39, 0.29) is 10.9 Å². The van der Waals surface area contributed by atoms with E-state index >= 15 is 0 Å². The molecule has 0 fully saturated rings. The molecule has 0 spiro atoms. The van der Waals surface area contributed by atoms with Gasteiger partial charge in [0.05, 0.1) is 10.2 Å². The first-order valence-corrected chi connectivity index (χ1v) is 10.5. The lowest BCUT2D eigenvalue weighted by Crippen LogP contribution is -2.33. The van der Waals surface area contributed by atoms with Crippen LogP contribution in [-0.4, -0.2) is 16.0 Å². The molecule has 5 aromatic rings. The number of benzene rings is 3. The zero-order chi connectivity index (χ0) is 20.5. The summed E-state index contributed by atoms with van der Waals surface area (Å²) < 4.78 is 6.72. The van der Waals surface area contributed by atoms with Crippen LogP contribution in [0.3, 0.4) is 0 Å². The van der Waals surface area contributed by atoms with Gasteiger partial charge in [-0.15, -0.1) is 11.3 Å². The zero-order valence-electron chi connectivity index (χ0n) is 15.6. The van der Waals surface area contributed by atoms with Crippen LogP contribution in [0.2, 0.25) is 0 Å². The van der Waals surface area contributed by atoms with Crippen molar-refractivity contribution in [1.29, 1.82) is 0 Å². The topological polar surface area (TPSA) is 67.2 Å². The summed E-state index contributed by atoms with van der Waals surface area (Å²) in [7, 11) is 0. The summed E-state index contributed by atoms with van der Waals surface area (Å²) in [5.74, 6) is -0.186. The highest BCUT2D eigenvalue weighted by Crippen LogP contribution is 2.31. The number of aromatic nitrogens is 1. The lowest BCUT2D eigenvalue weighted by Gasteiger charge is -2.09. The van der Waals surface area contributed by atoms with Crippen LogP contribution in [0.4, 0.5) is 5.69 Å². The van der Waals surface area contributed by atoms with Gasteiger partial charge in [-0.2, -0.15) is 0 Å². The van der Waals surface area contributed by atoms with Crippen LogP contribution in [0.5, 0.6) is 0 Å². The second kappa shape index (κ2) is 7.70. The third-order valence-corrected chi connectivity index (χ3v) is 5.83. The first-order valence-electron chi connectivity index (χ1n) is 9.23. The second-order valence-corrected chi connectivity index (χ2v) is 8.06. The second-order valence-electron chi connectivity index (χ2n) is 6.62. The van der Waals surface area contributed by atoms with E-state index in [0.29, 0.717) is 5.58 Å². The van der Waals surface area contributed by atoms with Gasteiger partial charge >= 0.3 is 0 Å². The van der Waals surface area contributed by atoms with Gasteiger partial charge in [0.15, 0.2) is 10.9 Å². The Bertz CT molecular complexity index is 1340. The van der Waals surface area contributed by atoms with E-state index in [2.05, 4.69) is 21.7 Å². The van der Waals surface area contributed by atoms with Crippen LogP contribution >= 0.6 is 23.6 Å². The molecule has 2 N–H and O–H groups in total. The Hall–Kier alpha value is -3.55. The molecule has 146 valence electrons. The Morgan fingerprint density at radius 3 is 2.67 bits per heavy atom. The highest BCUT2D eigenvalue weighted by Gasteiger charge is 2.14. The number of thiocarbonyl (C=S) groups is 1. The molecule has 0 atom stereocenters. The number of para-hydroxylation sites is 2. The molecule has 2 aromatic heterocycles. The fourth-order valence-electron chi connectivity index (χ4n) is 3.15. The number of nitrogens with zero attached hydrogens (tertiary/aromatic N) is 1. The molecule has 5 nitrogen and oxygen atoms in total. The molecule has 0 bridgehead atoms. The minimum Gasteiger partial charge on any atom is -0.451 e. The molecular formula is C23H15N3O2S2. The van der Waals surface area contributed by atoms with Crippen LogP contribution in [-0.2, 0) is 0 Å². The molecule has 0 unspecified atom stereocenters. The average molecular weight is 430 g/mol. The van der Waals surface area contributed by atoms with E-state index in [9.17, 15) is 4.79 Å². The van der Waals surface area contributed by atoms with E-state index in [1.807, 2.05) is 66.7 Å². The molecular weight excluding hydrogens is 414 g/mol. The van der Waals surface area contributed by atoms with E-state index < -0.39 is 5.91 Å². The van der Waals surface area contributed by atoms with E-state index in [1.54, 1.807) is 17.4 Å². The van der Waals surface area contributed by atoms with Crippen molar-refractivity contribution in [2.24, 2.45) is 0 Å². The maximum atomic E-state index is 12.5. The Kier molecular flexibility index (Phi) is 4.74. The van der Waals surface area contributed by atoms with Crippen LogP contribution in [0.15, 0.2) is 83.3 Å². The van der Waals surface area contributed by atoms with E-state index in [4.69, 9.17) is 16.6 Å². The van der Waals surface area contributed by atoms with Crippen LogP contribution < -0.4 is 10.6 Å². The first-order chi connectivity index (χ1) is 14.7. The maximum Gasteiger partial charge on any atom is 0.293 e. The molecule has 0 aliphatic carbocycles. The molecule has 7 heteroatoms. The smallest absolute Gasteiger partial charge is 0.293 e. The molecule has 0 saturated heterocycles. The number of carbonyl (C=O) groups excluding carboxylic acids is 1. The number of hydrogen-bond acceptors (Lipinski definition) is 5. The lowest BCUT2D eigenvalue weighted by molar-refractivity contribution is 0.0953. The number of anilines is 1. The minimum atomic E-state index is -0.397. The maximum absolute atomic E-state index is 12.5. The highest BCUT2D eigenvalue weighted by molar-refractivity contribution is 7.80. The van der Waals surface area contributed by atoms with Crippen molar-refractivity contribution in [2.75, 3.05) is 5.32 Å². The van der Waals surface area contributed by atoms with E-state index in [1.165, 1.54) is 0 Å². The summed E-state index contributed by atoms with van der Waals surface area (Å²) >= 11 is 6.94. The van der Waals surface area contributed by atoms with Gasteiger partial charge in [-0.25, -0.2) is 4.98 Å². The Morgan fingerprint density at radius 1 is 0.967 bits per heavy atom. The minimum absolute atomic E-state index is 0.196. The summed E-state index contributed by atoms with van der Waals surface area (Å²) in [6.45, 7) is 0. The van der Waals surface area contributed by atoms with Crippen molar-refractivity contribution in [2.45, 2.75) is 0 Å². The van der Waals surface area contributed by atoms with Crippen molar-refractivity contribution in [3.8, 4) is 10.6 Å². The molecule has 30 heavy (non-hydrogen) atoms. The summed E-state index contributed by atoms with van der Waals surface area (Å²) in [5.41, 5.74) is 3.38. The molecule has 3 aromatic carbocycles. The van der Waals surface area contributed by atoms with Crippen molar-refractivity contribution in [3.05, 3.63) is 84.6 Å². The van der Waals surface area contributed by atoms with Crippen molar-refractivity contribution in [3.63, 3.8) is 0 Å². The average Bonchev–Trinajstić information content (AvgIpc) is 3.38. The summed E-state index contributed by atoms with van der Waals surface area (Å²) in [5, 5.41) is 7.71. The van der Waals surface area contributed by atoms with Gasteiger partial charge in [-0.3, -0.25) is 10.1 Å². The SMILES string of the molecule is O=C(NC(=S)Nc1cccc(-c2nc3ccccc3s2)c1)c1cc2ccccc2o1. The Labute approximate surface area is 181 Å². The number of thiazole rings is 1. The molecule has 0 aliphatic heterocycles. The van der Waals surface area contributed by atoms with Gasteiger partial charge in [0, 0.05) is 16.6 Å². The predicted molar refractivity (Wildman–Crippen MR) is 125 cm³/mol. The van der Waals surface area contributed by atoms with Gasteiger partial charge < -0.3 is 9.73 Å². The van der Waals surface area contributed by atoms with Gasteiger partial charge in [-0.05, 0) is 48.6 Å². The number of fused-ring (bicyclic) bond motifs is 2. The van der Waals surface area contributed by atoms with E-state index in [0.717, 1.165) is 31.9 Å². The first kappa shape index (κ1) is 18.5. The molecule has 0 aliphatic rings. The van der Waals surface area contributed by atoms with Gasteiger partial charge in [-0.1, -0.05) is 42.5 Å². The molecule has 0 radical (unpaired) electrons. The molecule has 1 amide bonds. The third-order valence-electron chi connectivity index (χ3n) is 4.54. The number of furan rings is 1. The van der Waals surface area contributed by atoms with Gasteiger partial charge in [0.1, 0.15) is 10.6 Å². The molecule has 5 rings (SSSR count). The molecule has 0 saturated carbocycles. The number of rotatable bonds is 3. The van der Waals surface area contributed by atoms with Crippen LogP contribution in [0, 0.1) is 0 Å². The number of hydrogen-bond donors (Lipinski definition) is 2. The zero-order valence-corrected chi connectivity index (χ0v) is 17.2. The van der Waals surface area contributed by atoms with Crippen molar-refractivity contribution < 1.29 is 9.21 Å².